The lowest BCUT2D eigenvalue weighted by Crippen LogP contribution is -2.35. The van der Waals surface area contributed by atoms with Crippen LogP contribution in [0.2, 0.25) is 0 Å². The van der Waals surface area contributed by atoms with E-state index in [9.17, 15) is 0 Å². The normalized spacial score (nSPS) is 42.0. The van der Waals surface area contributed by atoms with Gasteiger partial charge in [0.2, 0.25) is 0 Å². The Morgan fingerprint density at radius 2 is 1.57 bits per heavy atom. The Labute approximate surface area is 46.8 Å². The zero-order valence-corrected chi connectivity index (χ0v) is 4.43. The van der Waals surface area contributed by atoms with Gasteiger partial charge in [-0.3, -0.25) is 0 Å². The first kappa shape index (κ1) is 5.06. The summed E-state index contributed by atoms with van der Waals surface area (Å²) in [5.74, 6) is 0. The first-order valence-corrected chi connectivity index (χ1v) is 2.82. The second-order valence-electron chi connectivity index (χ2n) is 2.26. The summed E-state index contributed by atoms with van der Waals surface area (Å²) >= 11 is 0. The van der Waals surface area contributed by atoms with Crippen molar-refractivity contribution in [3.63, 3.8) is 0 Å². The summed E-state index contributed by atoms with van der Waals surface area (Å²) in [4.78, 5) is 0. The molecule has 0 amide bonds. The van der Waals surface area contributed by atoms with E-state index in [1.54, 1.807) is 0 Å². The highest BCUT2D eigenvalue weighted by Crippen LogP contribution is 2.13. The molecule has 2 atom stereocenters. The molecule has 1 saturated carbocycles. The minimum absolute atomic E-state index is 0. The first-order chi connectivity index (χ1) is 3.30. The largest absolute Gasteiger partial charge is 1.00 e. The van der Waals surface area contributed by atoms with E-state index in [0.717, 1.165) is 12.8 Å². The second-order valence-corrected chi connectivity index (χ2v) is 2.26. The van der Waals surface area contributed by atoms with Crippen LogP contribution in [0.5, 0.6) is 0 Å². The van der Waals surface area contributed by atoms with Gasteiger partial charge < -0.3 is 11.5 Å². The average Bonchev–Trinajstić information content (AvgIpc) is 1.91. The Morgan fingerprint density at radius 1 is 1.14 bits per heavy atom. The summed E-state index contributed by atoms with van der Waals surface area (Å²) in [5.41, 5.74) is 11.1. The van der Waals surface area contributed by atoms with Crippen molar-refractivity contribution < 1.29 is 2.85 Å². The van der Waals surface area contributed by atoms with Crippen molar-refractivity contribution in [3.8, 4) is 0 Å². The molecule has 0 heterocycles. The maximum absolute atomic E-state index is 5.55. The Balaban J connectivity index is 0. The molecule has 0 aromatic carbocycles. The average molecular weight is 102 g/mol. The van der Waals surface area contributed by atoms with Gasteiger partial charge in [0.1, 0.15) is 0 Å². The molecule has 0 aromatic rings. The molecule has 0 radical (unpaired) electrons. The van der Waals surface area contributed by atoms with Gasteiger partial charge in [0.25, 0.3) is 0 Å². The smallest absolute Gasteiger partial charge is 0.326 e. The van der Waals surface area contributed by atoms with Crippen LogP contribution in [-0.2, 0) is 0 Å². The fourth-order valence-corrected chi connectivity index (χ4v) is 1.02. The highest BCUT2D eigenvalue weighted by atomic mass is 14.8. The third-order valence-electron chi connectivity index (χ3n) is 1.62. The molecule has 0 saturated heterocycles. The molecule has 0 aliphatic heterocycles. The van der Waals surface area contributed by atoms with E-state index < -0.39 is 0 Å². The third-order valence-corrected chi connectivity index (χ3v) is 1.62. The van der Waals surface area contributed by atoms with Crippen molar-refractivity contribution in [2.24, 2.45) is 11.5 Å². The van der Waals surface area contributed by atoms with Crippen LogP contribution >= 0.6 is 0 Å². The molecule has 0 bridgehead atoms. The van der Waals surface area contributed by atoms with Crippen molar-refractivity contribution >= 4 is 0 Å². The van der Waals surface area contributed by atoms with Crippen molar-refractivity contribution in [2.45, 2.75) is 31.3 Å². The van der Waals surface area contributed by atoms with Crippen LogP contribution in [-0.4, -0.2) is 12.1 Å². The molecule has 1 aliphatic carbocycles. The predicted octanol–water partition coefficient (Wildman–Crippen LogP) is 0.0499. The minimum atomic E-state index is 0. The number of hydrogen-bond donors (Lipinski definition) is 2. The van der Waals surface area contributed by atoms with Crippen LogP contribution in [0.15, 0.2) is 0 Å². The standard InChI is InChI=1S/C5H12N2/c6-4-2-1-3-5(4)7/h4-5H,1-3,6-7H2/p+2/t4-,5-/m1/s1. The molecular weight excluding hydrogens is 88.1 g/mol. The Bertz CT molecular complexity index is 62.0. The Morgan fingerprint density at radius 3 is 1.71 bits per heavy atom. The van der Waals surface area contributed by atoms with E-state index in [2.05, 4.69) is 0 Å². The van der Waals surface area contributed by atoms with Gasteiger partial charge in [-0.1, -0.05) is 6.42 Å². The molecular formula is C5H14N2+2. The lowest BCUT2D eigenvalue weighted by atomic mass is 10.2. The summed E-state index contributed by atoms with van der Waals surface area (Å²) in [7, 11) is 0. The van der Waals surface area contributed by atoms with Crippen LogP contribution in [0, 0.1) is 0 Å². The van der Waals surface area contributed by atoms with Crippen LogP contribution in [0.25, 0.3) is 0 Å². The minimum Gasteiger partial charge on any atom is -0.326 e. The molecule has 2 nitrogen and oxygen atoms in total. The van der Waals surface area contributed by atoms with Gasteiger partial charge in [0.15, 0.2) is 0 Å². The SMILES string of the molecule is N[C@@H]1CCC[C@H]1N.[H+].[H+]. The molecule has 1 fully saturated rings. The van der Waals surface area contributed by atoms with Gasteiger partial charge in [0.05, 0.1) is 0 Å². The molecule has 2 heteroatoms. The van der Waals surface area contributed by atoms with Gasteiger partial charge in [-0.05, 0) is 12.8 Å². The van der Waals surface area contributed by atoms with Crippen LogP contribution < -0.4 is 11.5 Å². The van der Waals surface area contributed by atoms with Gasteiger partial charge >= 0.3 is 2.85 Å². The van der Waals surface area contributed by atoms with E-state index in [4.69, 9.17) is 11.5 Å². The van der Waals surface area contributed by atoms with Crippen LogP contribution in [0.1, 0.15) is 22.1 Å². The maximum Gasteiger partial charge on any atom is 1.00 e. The van der Waals surface area contributed by atoms with E-state index >= 15 is 0 Å². The van der Waals surface area contributed by atoms with Gasteiger partial charge in [0, 0.05) is 12.1 Å². The summed E-state index contributed by atoms with van der Waals surface area (Å²) in [5, 5.41) is 0. The molecule has 7 heavy (non-hydrogen) atoms. The number of rotatable bonds is 0. The first-order valence-electron chi connectivity index (χ1n) is 2.82. The molecule has 0 unspecified atom stereocenters. The summed E-state index contributed by atoms with van der Waals surface area (Å²) in [6, 6.07) is 0.583. The van der Waals surface area contributed by atoms with Gasteiger partial charge in [-0.25, -0.2) is 0 Å². The Kier molecular flexibility index (Phi) is 1.30. The summed E-state index contributed by atoms with van der Waals surface area (Å²) in [6.45, 7) is 0. The van der Waals surface area contributed by atoms with Gasteiger partial charge in [-0.15, -0.1) is 0 Å². The fraction of sp³-hybridized carbons (Fsp3) is 1.00. The topological polar surface area (TPSA) is 52.0 Å². The molecule has 4 N–H and O–H groups in total. The molecule has 1 rings (SSSR count). The lowest BCUT2D eigenvalue weighted by molar-refractivity contribution is 0.603. The predicted molar refractivity (Wildman–Crippen MR) is 32.0 cm³/mol. The summed E-state index contributed by atoms with van der Waals surface area (Å²) in [6.07, 6.45) is 3.48. The van der Waals surface area contributed by atoms with Crippen molar-refractivity contribution in [3.05, 3.63) is 0 Å². The Hall–Kier alpha value is -0.0800. The van der Waals surface area contributed by atoms with Crippen LogP contribution in [0.4, 0.5) is 0 Å². The van der Waals surface area contributed by atoms with Crippen molar-refractivity contribution in [1.29, 1.82) is 0 Å². The highest BCUT2D eigenvalue weighted by molar-refractivity contribution is 4.82. The van der Waals surface area contributed by atoms with E-state index in [-0.39, 0.29) is 2.85 Å². The lowest BCUT2D eigenvalue weighted by Gasteiger charge is -2.05. The second kappa shape index (κ2) is 1.80. The van der Waals surface area contributed by atoms with E-state index in [0.29, 0.717) is 12.1 Å². The number of nitrogens with two attached hydrogens (primary N) is 2. The highest BCUT2D eigenvalue weighted by Gasteiger charge is 2.18. The van der Waals surface area contributed by atoms with E-state index in [1.165, 1.54) is 6.42 Å². The fourth-order valence-electron chi connectivity index (χ4n) is 1.02. The monoisotopic (exact) mass is 102 g/mol. The van der Waals surface area contributed by atoms with E-state index in [1.807, 2.05) is 0 Å². The maximum atomic E-state index is 5.55. The van der Waals surface area contributed by atoms with Crippen molar-refractivity contribution in [1.82, 2.24) is 0 Å². The molecule has 1 aliphatic rings. The summed E-state index contributed by atoms with van der Waals surface area (Å²) < 4.78 is 0. The zero-order valence-electron chi connectivity index (χ0n) is 6.43. The molecule has 0 aromatic heterocycles. The van der Waals surface area contributed by atoms with Gasteiger partial charge in [-0.2, -0.15) is 0 Å². The zero-order chi connectivity index (χ0) is 5.28. The number of hydrogen-bond acceptors (Lipinski definition) is 2. The molecule has 42 valence electrons. The quantitative estimate of drug-likeness (QED) is 0.454. The molecule has 0 spiro atoms. The third kappa shape index (κ3) is 0.924. The van der Waals surface area contributed by atoms with Crippen LogP contribution in [0.3, 0.4) is 0 Å². The van der Waals surface area contributed by atoms with Crippen molar-refractivity contribution in [2.75, 3.05) is 0 Å².